The number of aromatic nitrogens is 2. The maximum atomic E-state index is 13.3. The third-order valence-electron chi connectivity index (χ3n) is 7.35. The SMILES string of the molecule is COc1cc(C(=O)NN2CCN(C)CC2)ccc1Nc1ncc2c(n1)N(c1ccccc1)CC(C)(C)C(=O)N2C. The van der Waals surface area contributed by atoms with Crippen LogP contribution in [0, 0.1) is 5.41 Å². The molecule has 0 radical (unpaired) electrons. The molecular formula is C29H36N8O3. The first-order valence-electron chi connectivity index (χ1n) is 13.3. The van der Waals surface area contributed by atoms with Gasteiger partial charge < -0.3 is 24.8 Å². The van der Waals surface area contributed by atoms with Crippen LogP contribution in [0.5, 0.6) is 5.75 Å². The number of ether oxygens (including phenoxy) is 1. The highest BCUT2D eigenvalue weighted by Gasteiger charge is 2.39. The molecule has 2 N–H and O–H groups in total. The number of hydrazine groups is 1. The second-order valence-corrected chi connectivity index (χ2v) is 10.8. The lowest BCUT2D eigenvalue weighted by Gasteiger charge is -2.32. The summed E-state index contributed by atoms with van der Waals surface area (Å²) in [7, 11) is 5.38. The summed E-state index contributed by atoms with van der Waals surface area (Å²) in [5.74, 6) is 1.24. The van der Waals surface area contributed by atoms with E-state index in [2.05, 4.69) is 27.7 Å². The lowest BCUT2D eigenvalue weighted by atomic mass is 9.91. The van der Waals surface area contributed by atoms with Gasteiger partial charge in [0, 0.05) is 51.0 Å². The zero-order chi connectivity index (χ0) is 28.4. The molecule has 40 heavy (non-hydrogen) atoms. The fourth-order valence-corrected chi connectivity index (χ4v) is 4.97. The van der Waals surface area contributed by atoms with Crippen molar-refractivity contribution in [3.8, 4) is 5.75 Å². The number of hydrogen-bond acceptors (Lipinski definition) is 9. The van der Waals surface area contributed by atoms with Crippen molar-refractivity contribution in [3.63, 3.8) is 0 Å². The Kier molecular flexibility index (Phi) is 7.59. The highest BCUT2D eigenvalue weighted by Crippen LogP contribution is 2.40. The quantitative estimate of drug-likeness (QED) is 0.484. The Labute approximate surface area is 234 Å². The molecule has 2 aromatic carbocycles. The normalized spacial score (nSPS) is 17.7. The van der Waals surface area contributed by atoms with Crippen molar-refractivity contribution in [1.82, 2.24) is 25.3 Å². The van der Waals surface area contributed by atoms with Crippen LogP contribution in [-0.4, -0.2) is 85.6 Å². The summed E-state index contributed by atoms with van der Waals surface area (Å²) in [5, 5.41) is 5.18. The number of benzene rings is 2. The van der Waals surface area contributed by atoms with Gasteiger partial charge >= 0.3 is 0 Å². The van der Waals surface area contributed by atoms with Gasteiger partial charge in [-0.1, -0.05) is 18.2 Å². The number of rotatable bonds is 6. The Morgan fingerprint density at radius 1 is 1.02 bits per heavy atom. The third-order valence-corrected chi connectivity index (χ3v) is 7.35. The van der Waals surface area contributed by atoms with Gasteiger partial charge in [-0.25, -0.2) is 9.99 Å². The van der Waals surface area contributed by atoms with Crippen molar-refractivity contribution in [1.29, 1.82) is 0 Å². The molecule has 1 aromatic heterocycles. The summed E-state index contributed by atoms with van der Waals surface area (Å²) in [6.07, 6.45) is 1.66. The van der Waals surface area contributed by atoms with Crippen LogP contribution in [0.1, 0.15) is 24.2 Å². The molecular weight excluding hydrogens is 508 g/mol. The molecule has 0 spiro atoms. The van der Waals surface area contributed by atoms with E-state index < -0.39 is 5.41 Å². The van der Waals surface area contributed by atoms with E-state index in [1.807, 2.05) is 54.1 Å². The number of likely N-dealkylation sites (N-methyl/N-ethyl adjacent to an activating group) is 1. The molecule has 0 atom stereocenters. The van der Waals surface area contributed by atoms with E-state index in [-0.39, 0.29) is 11.8 Å². The summed E-state index contributed by atoms with van der Waals surface area (Å²) in [4.78, 5) is 41.4. The second-order valence-electron chi connectivity index (χ2n) is 10.8. The van der Waals surface area contributed by atoms with Gasteiger partial charge in [0.1, 0.15) is 11.4 Å². The van der Waals surface area contributed by atoms with E-state index in [0.29, 0.717) is 41.0 Å². The van der Waals surface area contributed by atoms with Crippen LogP contribution in [0.2, 0.25) is 0 Å². The van der Waals surface area contributed by atoms with Crippen LogP contribution < -0.4 is 25.3 Å². The zero-order valence-corrected chi connectivity index (χ0v) is 23.6. The smallest absolute Gasteiger partial charge is 0.265 e. The van der Waals surface area contributed by atoms with Gasteiger partial charge in [-0.3, -0.25) is 15.0 Å². The highest BCUT2D eigenvalue weighted by atomic mass is 16.5. The van der Waals surface area contributed by atoms with Gasteiger partial charge in [-0.05, 0) is 51.2 Å². The third kappa shape index (κ3) is 5.56. The monoisotopic (exact) mass is 544 g/mol. The van der Waals surface area contributed by atoms with Crippen molar-refractivity contribution in [3.05, 3.63) is 60.3 Å². The van der Waals surface area contributed by atoms with Crippen LogP contribution >= 0.6 is 0 Å². The number of amides is 2. The molecule has 1 fully saturated rings. The van der Waals surface area contributed by atoms with Gasteiger partial charge in [0.15, 0.2) is 5.82 Å². The number of hydrogen-bond donors (Lipinski definition) is 2. The number of para-hydroxylation sites is 1. The second kappa shape index (κ2) is 11.1. The first kappa shape index (κ1) is 27.4. The van der Waals surface area contributed by atoms with Gasteiger partial charge in [-0.2, -0.15) is 4.98 Å². The lowest BCUT2D eigenvalue weighted by Crippen LogP contribution is -2.52. The minimum atomic E-state index is -0.650. The van der Waals surface area contributed by atoms with Gasteiger partial charge in [0.2, 0.25) is 11.9 Å². The molecule has 210 valence electrons. The van der Waals surface area contributed by atoms with E-state index in [1.165, 1.54) is 0 Å². The predicted octanol–water partition coefficient (Wildman–Crippen LogP) is 3.26. The number of carbonyl (C=O) groups excluding carboxylic acids is 2. The minimum absolute atomic E-state index is 0.0106. The minimum Gasteiger partial charge on any atom is -0.495 e. The number of anilines is 5. The van der Waals surface area contributed by atoms with Crippen LogP contribution in [-0.2, 0) is 4.79 Å². The van der Waals surface area contributed by atoms with Crippen molar-refractivity contribution >= 4 is 40.6 Å². The average Bonchev–Trinajstić information content (AvgIpc) is 3.03. The maximum Gasteiger partial charge on any atom is 0.265 e. The van der Waals surface area contributed by atoms with Crippen LogP contribution in [0.4, 0.5) is 28.8 Å². The fourth-order valence-electron chi connectivity index (χ4n) is 4.97. The number of carbonyl (C=O) groups is 2. The summed E-state index contributed by atoms with van der Waals surface area (Å²) >= 11 is 0. The molecule has 5 rings (SSSR count). The Morgan fingerprint density at radius 3 is 2.45 bits per heavy atom. The number of nitrogens with zero attached hydrogens (tertiary/aromatic N) is 6. The molecule has 0 unspecified atom stereocenters. The first-order valence-corrected chi connectivity index (χ1v) is 13.3. The van der Waals surface area contributed by atoms with E-state index in [4.69, 9.17) is 9.72 Å². The number of fused-ring (bicyclic) bond motifs is 1. The number of nitrogens with one attached hydrogen (secondary N) is 2. The van der Waals surface area contributed by atoms with Crippen molar-refractivity contribution in [2.45, 2.75) is 13.8 Å². The van der Waals surface area contributed by atoms with E-state index in [1.54, 1.807) is 43.5 Å². The van der Waals surface area contributed by atoms with Gasteiger partial charge in [-0.15, -0.1) is 0 Å². The molecule has 2 aliphatic rings. The van der Waals surface area contributed by atoms with Crippen LogP contribution in [0.25, 0.3) is 0 Å². The topological polar surface area (TPSA) is 106 Å². The number of methoxy groups -OCH3 is 1. The summed E-state index contributed by atoms with van der Waals surface area (Å²) in [5.41, 5.74) is 4.98. The van der Waals surface area contributed by atoms with Gasteiger partial charge in [0.25, 0.3) is 5.91 Å². The standard InChI is InChI=1S/C29H36N8O3/c1-29(2)19-37(21-9-7-6-8-10-21)25-23(35(4)27(29)39)18-30-28(32-25)31-22-12-11-20(17-24(22)40-5)26(38)33-36-15-13-34(3)14-16-36/h6-12,17-18H,13-16,19H2,1-5H3,(H,33,38)(H,30,31,32). The van der Waals surface area contributed by atoms with E-state index >= 15 is 0 Å². The molecule has 3 aromatic rings. The molecule has 0 bridgehead atoms. The molecule has 1 saturated heterocycles. The number of piperazine rings is 1. The Bertz CT molecular complexity index is 1390. The zero-order valence-electron chi connectivity index (χ0n) is 23.6. The predicted molar refractivity (Wildman–Crippen MR) is 155 cm³/mol. The molecule has 3 heterocycles. The molecule has 11 heteroatoms. The molecule has 2 aliphatic heterocycles. The Hall–Kier alpha value is -4.22. The largest absolute Gasteiger partial charge is 0.495 e. The molecule has 0 aliphatic carbocycles. The van der Waals surface area contributed by atoms with Crippen molar-refractivity contribution < 1.29 is 14.3 Å². The lowest BCUT2D eigenvalue weighted by molar-refractivity contribution is -0.125. The average molecular weight is 545 g/mol. The first-order chi connectivity index (χ1) is 19.2. The van der Waals surface area contributed by atoms with Gasteiger partial charge in [0.05, 0.1) is 24.4 Å². The van der Waals surface area contributed by atoms with Crippen molar-refractivity contribution in [2.24, 2.45) is 5.41 Å². The van der Waals surface area contributed by atoms with E-state index in [9.17, 15) is 9.59 Å². The van der Waals surface area contributed by atoms with Crippen LogP contribution in [0.3, 0.4) is 0 Å². The summed E-state index contributed by atoms with van der Waals surface area (Å²) in [6, 6.07) is 15.1. The maximum absolute atomic E-state index is 13.3. The summed E-state index contributed by atoms with van der Waals surface area (Å²) in [6.45, 7) is 7.66. The molecule has 11 nitrogen and oxygen atoms in total. The highest BCUT2D eigenvalue weighted by molar-refractivity contribution is 6.01. The Balaban J connectivity index is 1.42. The fraction of sp³-hybridized carbons (Fsp3) is 0.379. The Morgan fingerprint density at radius 2 is 1.75 bits per heavy atom. The van der Waals surface area contributed by atoms with Crippen LogP contribution in [0.15, 0.2) is 54.7 Å². The summed E-state index contributed by atoms with van der Waals surface area (Å²) < 4.78 is 5.61. The van der Waals surface area contributed by atoms with Crippen molar-refractivity contribution in [2.75, 3.05) is 69.0 Å². The molecule has 0 saturated carbocycles. The van der Waals surface area contributed by atoms with E-state index in [0.717, 1.165) is 31.9 Å². The molecule has 2 amide bonds.